The summed E-state index contributed by atoms with van der Waals surface area (Å²) in [7, 11) is 0. The third-order valence-corrected chi connectivity index (χ3v) is 9.75. The molecule has 9 nitrogen and oxygen atoms in total. The van der Waals surface area contributed by atoms with E-state index in [2.05, 4.69) is 59.2 Å². The van der Waals surface area contributed by atoms with Gasteiger partial charge in [0.2, 0.25) is 0 Å². The zero-order valence-corrected chi connectivity index (χ0v) is 27.4. The van der Waals surface area contributed by atoms with Gasteiger partial charge in [0.25, 0.3) is 0 Å². The molecule has 5 heterocycles. The fourth-order valence-electron chi connectivity index (χ4n) is 6.92. The smallest absolute Gasteiger partial charge is 0.141 e. The lowest BCUT2D eigenvalue weighted by atomic mass is 9.99. The second-order valence-corrected chi connectivity index (χ2v) is 13.0. The fraction of sp³-hybridized carbons (Fsp3) is 0.378. The molecule has 0 amide bonds. The number of benzene rings is 2. The maximum absolute atomic E-state index is 9.87. The summed E-state index contributed by atoms with van der Waals surface area (Å²) in [5.41, 5.74) is 5.95. The molecule has 0 bridgehead atoms. The highest BCUT2D eigenvalue weighted by Crippen LogP contribution is 2.32. The van der Waals surface area contributed by atoms with Crippen LogP contribution in [0.4, 0.5) is 11.5 Å². The maximum Gasteiger partial charge on any atom is 0.141 e. The number of hydrogen-bond acceptors (Lipinski definition) is 8. The number of hydrogen-bond donors (Lipinski definition) is 2. The molecule has 47 heavy (non-hydrogen) atoms. The highest BCUT2D eigenvalue weighted by molar-refractivity contribution is 6.32. The third kappa shape index (κ3) is 7.60. The molecule has 2 aliphatic heterocycles. The monoisotopic (exact) mass is 651 g/mol. The third-order valence-electron chi connectivity index (χ3n) is 9.45. The average molecular weight is 652 g/mol. The standard InChI is InChI=1S/C37H42ClN7O2/c38-34-20-29(7-10-36(34)47-25-30-6-2-3-14-39-30)42-37-33-21-32(8-9-35(33)40-26-41-37)45-23-27(13-19-46)28(24-45)22-43-17-11-31(12-18-43)44-15-4-1-5-16-44/h2-3,6-10,14,20-21,23-24,26,31,46H,1,4-5,11-13,15-19,22,25H2,(H,40,41,42). The van der Waals surface area contributed by atoms with Gasteiger partial charge >= 0.3 is 0 Å². The number of anilines is 2. The maximum atomic E-state index is 9.87. The number of nitrogens with zero attached hydrogens (tertiary/aromatic N) is 6. The van der Waals surface area contributed by atoms with Gasteiger partial charge in [-0.25, -0.2) is 9.97 Å². The second kappa shape index (κ2) is 14.8. The Morgan fingerprint density at radius 2 is 1.74 bits per heavy atom. The Labute approximate surface area is 281 Å². The molecular weight excluding hydrogens is 610 g/mol. The summed E-state index contributed by atoms with van der Waals surface area (Å²) in [6, 6.07) is 18.3. The van der Waals surface area contributed by atoms with E-state index in [4.69, 9.17) is 16.3 Å². The van der Waals surface area contributed by atoms with Crippen LogP contribution in [-0.4, -0.2) is 73.3 Å². The summed E-state index contributed by atoms with van der Waals surface area (Å²) in [5, 5.41) is 14.7. The summed E-state index contributed by atoms with van der Waals surface area (Å²) in [6.45, 7) is 6.15. The zero-order valence-electron chi connectivity index (χ0n) is 26.7. The average Bonchev–Trinajstić information content (AvgIpc) is 3.51. The number of ether oxygens (including phenoxy) is 1. The molecule has 3 aromatic heterocycles. The van der Waals surface area contributed by atoms with E-state index in [-0.39, 0.29) is 6.61 Å². The fourth-order valence-corrected chi connectivity index (χ4v) is 7.15. The Morgan fingerprint density at radius 3 is 2.53 bits per heavy atom. The molecular formula is C37H42ClN7O2. The van der Waals surface area contributed by atoms with Gasteiger partial charge in [-0.2, -0.15) is 0 Å². The van der Waals surface area contributed by atoms with E-state index in [9.17, 15) is 5.11 Å². The summed E-state index contributed by atoms with van der Waals surface area (Å²) < 4.78 is 8.07. The van der Waals surface area contributed by atoms with Crippen LogP contribution in [-0.2, 0) is 19.6 Å². The number of likely N-dealkylation sites (tertiary alicyclic amines) is 2. The number of piperidine rings is 2. The Morgan fingerprint density at radius 1 is 0.894 bits per heavy atom. The SMILES string of the molecule is OCCc1cn(-c2ccc3ncnc(Nc4ccc(OCc5ccccn5)c(Cl)c4)c3c2)cc1CN1CCC(N2CCCCC2)CC1. The Kier molecular flexibility index (Phi) is 9.95. The van der Waals surface area contributed by atoms with Gasteiger partial charge in [-0.1, -0.05) is 24.1 Å². The predicted octanol–water partition coefficient (Wildman–Crippen LogP) is 6.78. The number of nitrogens with one attached hydrogen (secondary N) is 1. The molecule has 2 aliphatic rings. The topological polar surface area (TPSA) is 91.6 Å². The van der Waals surface area contributed by atoms with Crippen LogP contribution in [0.3, 0.4) is 0 Å². The molecule has 2 saturated heterocycles. The van der Waals surface area contributed by atoms with E-state index in [1.165, 1.54) is 56.3 Å². The van der Waals surface area contributed by atoms with Crippen molar-refractivity contribution < 1.29 is 9.84 Å². The van der Waals surface area contributed by atoms with E-state index in [0.29, 0.717) is 29.6 Å². The van der Waals surface area contributed by atoms with Crippen LogP contribution in [0.25, 0.3) is 16.6 Å². The first-order valence-electron chi connectivity index (χ1n) is 16.7. The Hall–Kier alpha value is -4.02. The number of aliphatic hydroxyl groups is 1. The first-order chi connectivity index (χ1) is 23.1. The lowest BCUT2D eigenvalue weighted by molar-refractivity contribution is 0.0895. The highest BCUT2D eigenvalue weighted by Gasteiger charge is 2.26. The van der Waals surface area contributed by atoms with Crippen LogP contribution < -0.4 is 10.1 Å². The van der Waals surface area contributed by atoms with Crippen molar-refractivity contribution in [3.05, 3.63) is 101 Å². The summed E-state index contributed by atoms with van der Waals surface area (Å²) in [4.78, 5) is 18.7. The molecule has 0 radical (unpaired) electrons. The minimum atomic E-state index is 0.128. The minimum absolute atomic E-state index is 0.128. The summed E-state index contributed by atoms with van der Waals surface area (Å²) in [5.74, 6) is 1.28. The van der Waals surface area contributed by atoms with Crippen molar-refractivity contribution in [2.75, 3.05) is 38.1 Å². The van der Waals surface area contributed by atoms with Crippen molar-refractivity contribution in [1.82, 2.24) is 29.3 Å². The van der Waals surface area contributed by atoms with Crippen LogP contribution >= 0.6 is 11.6 Å². The van der Waals surface area contributed by atoms with Gasteiger partial charge in [0.15, 0.2) is 0 Å². The van der Waals surface area contributed by atoms with Crippen molar-refractivity contribution >= 4 is 34.0 Å². The molecule has 244 valence electrons. The first-order valence-corrected chi connectivity index (χ1v) is 17.1. The highest BCUT2D eigenvalue weighted by atomic mass is 35.5. The van der Waals surface area contributed by atoms with Crippen LogP contribution in [0.15, 0.2) is 79.5 Å². The van der Waals surface area contributed by atoms with Crippen molar-refractivity contribution in [3.8, 4) is 11.4 Å². The number of aliphatic hydroxyl groups excluding tert-OH is 1. The lowest BCUT2D eigenvalue weighted by Crippen LogP contribution is -2.46. The van der Waals surface area contributed by atoms with Gasteiger partial charge in [0.1, 0.15) is 24.5 Å². The van der Waals surface area contributed by atoms with Crippen molar-refractivity contribution in [2.24, 2.45) is 0 Å². The molecule has 0 atom stereocenters. The summed E-state index contributed by atoms with van der Waals surface area (Å²) >= 11 is 6.60. The number of rotatable bonds is 11. The molecule has 0 spiro atoms. The Bertz CT molecular complexity index is 1780. The second-order valence-electron chi connectivity index (χ2n) is 12.6. The lowest BCUT2D eigenvalue weighted by Gasteiger charge is -2.40. The van der Waals surface area contributed by atoms with Gasteiger partial charge < -0.3 is 24.6 Å². The van der Waals surface area contributed by atoms with Gasteiger partial charge in [-0.05, 0) is 118 Å². The van der Waals surface area contributed by atoms with Crippen molar-refractivity contribution in [1.29, 1.82) is 0 Å². The number of halogens is 1. The minimum Gasteiger partial charge on any atom is -0.486 e. The normalized spacial score (nSPS) is 16.5. The van der Waals surface area contributed by atoms with E-state index < -0.39 is 0 Å². The molecule has 5 aromatic rings. The quantitative estimate of drug-likeness (QED) is 0.162. The molecule has 2 N–H and O–H groups in total. The van der Waals surface area contributed by atoms with Crippen molar-refractivity contribution in [3.63, 3.8) is 0 Å². The van der Waals surface area contributed by atoms with Crippen LogP contribution in [0.2, 0.25) is 5.02 Å². The van der Waals surface area contributed by atoms with Crippen LogP contribution in [0, 0.1) is 0 Å². The zero-order chi connectivity index (χ0) is 32.0. The number of fused-ring (bicyclic) bond motifs is 1. The van der Waals surface area contributed by atoms with E-state index in [1.54, 1.807) is 12.5 Å². The van der Waals surface area contributed by atoms with Crippen LogP contribution in [0.1, 0.15) is 48.9 Å². The molecule has 10 heteroatoms. The molecule has 0 aliphatic carbocycles. The van der Waals surface area contributed by atoms with Gasteiger partial charge in [0, 0.05) is 54.5 Å². The van der Waals surface area contributed by atoms with E-state index in [0.717, 1.165) is 53.6 Å². The largest absolute Gasteiger partial charge is 0.486 e. The number of aromatic nitrogens is 4. The van der Waals surface area contributed by atoms with Crippen LogP contribution in [0.5, 0.6) is 5.75 Å². The molecule has 2 aromatic carbocycles. The first kappa shape index (κ1) is 31.6. The van der Waals surface area contributed by atoms with Gasteiger partial charge in [-0.3, -0.25) is 9.88 Å². The van der Waals surface area contributed by atoms with E-state index >= 15 is 0 Å². The molecule has 2 fully saturated rings. The predicted molar refractivity (Wildman–Crippen MR) is 187 cm³/mol. The van der Waals surface area contributed by atoms with Gasteiger partial charge in [0.05, 0.1) is 16.2 Å². The molecule has 0 saturated carbocycles. The molecule has 0 unspecified atom stereocenters. The number of pyridine rings is 1. The summed E-state index contributed by atoms with van der Waals surface area (Å²) in [6.07, 6.45) is 14.9. The van der Waals surface area contributed by atoms with Crippen molar-refractivity contribution in [2.45, 2.75) is 57.7 Å². The van der Waals surface area contributed by atoms with E-state index in [1.807, 2.05) is 42.5 Å². The Balaban J connectivity index is 1.06. The molecule has 7 rings (SSSR count). The van der Waals surface area contributed by atoms with Gasteiger partial charge in [-0.15, -0.1) is 0 Å².